The average Bonchev–Trinajstić information content (AvgIpc) is 2.36. The normalized spacial score (nSPS) is 9.94. The van der Waals surface area contributed by atoms with Crippen molar-refractivity contribution in [1.82, 2.24) is 0 Å². The van der Waals surface area contributed by atoms with Crippen molar-refractivity contribution in [2.45, 2.75) is 6.92 Å². The molecule has 1 aromatic carbocycles. The molecule has 1 amide bonds. The fourth-order valence-corrected chi connectivity index (χ4v) is 1.69. The van der Waals surface area contributed by atoms with Gasteiger partial charge in [0.05, 0.1) is 17.4 Å². The third-order valence-corrected chi connectivity index (χ3v) is 2.68. The molecule has 0 atom stereocenters. The lowest BCUT2D eigenvalue weighted by Gasteiger charge is -2.09. The number of Topliss-reactive ketones (excluding diaryl/α,β-unsaturated/α-hetero) is 2. The van der Waals surface area contributed by atoms with Gasteiger partial charge in [-0.05, 0) is 18.2 Å². The largest absolute Gasteiger partial charge is 0.326 e. The standard InChI is InChI=1S/C12H11Cl2NO3/c1-7(16)15-10-3-2-8(11(17)5-13)4-9(10)12(18)6-14/h2-4H,5-6H2,1H3,(H,15,16). The summed E-state index contributed by atoms with van der Waals surface area (Å²) in [4.78, 5) is 34.1. The molecule has 0 saturated heterocycles. The van der Waals surface area contributed by atoms with Crippen LogP contribution in [0.2, 0.25) is 0 Å². The van der Waals surface area contributed by atoms with Crippen LogP contribution in [0.3, 0.4) is 0 Å². The van der Waals surface area contributed by atoms with Crippen LogP contribution in [0.1, 0.15) is 27.6 Å². The summed E-state index contributed by atoms with van der Waals surface area (Å²) in [7, 11) is 0. The Morgan fingerprint density at radius 2 is 1.72 bits per heavy atom. The molecule has 0 fully saturated rings. The highest BCUT2D eigenvalue weighted by molar-refractivity contribution is 6.32. The summed E-state index contributed by atoms with van der Waals surface area (Å²) >= 11 is 10.9. The fourth-order valence-electron chi connectivity index (χ4n) is 1.40. The Morgan fingerprint density at radius 3 is 2.22 bits per heavy atom. The summed E-state index contributed by atoms with van der Waals surface area (Å²) in [6.45, 7) is 1.33. The van der Waals surface area contributed by atoms with Crippen LogP contribution in [0, 0.1) is 0 Å². The molecule has 0 spiro atoms. The molecule has 0 unspecified atom stereocenters. The highest BCUT2D eigenvalue weighted by Gasteiger charge is 2.14. The maximum Gasteiger partial charge on any atom is 0.221 e. The molecule has 18 heavy (non-hydrogen) atoms. The predicted molar refractivity (Wildman–Crippen MR) is 70.8 cm³/mol. The topological polar surface area (TPSA) is 63.2 Å². The molecule has 1 aromatic rings. The molecular weight excluding hydrogens is 277 g/mol. The van der Waals surface area contributed by atoms with Crippen molar-refractivity contribution in [2.75, 3.05) is 17.1 Å². The smallest absolute Gasteiger partial charge is 0.221 e. The molecule has 0 heterocycles. The quantitative estimate of drug-likeness (QED) is 0.668. The van der Waals surface area contributed by atoms with E-state index in [1.54, 1.807) is 0 Å². The van der Waals surface area contributed by atoms with Crippen LogP contribution in [0.25, 0.3) is 0 Å². The molecule has 6 heteroatoms. The summed E-state index contributed by atoms with van der Waals surface area (Å²) in [5.41, 5.74) is 0.850. The molecule has 0 saturated carbocycles. The van der Waals surface area contributed by atoms with Gasteiger partial charge in [-0.15, -0.1) is 23.2 Å². The summed E-state index contributed by atoms with van der Waals surface area (Å²) in [6, 6.07) is 4.38. The van der Waals surface area contributed by atoms with Gasteiger partial charge in [0.2, 0.25) is 5.91 Å². The summed E-state index contributed by atoms with van der Waals surface area (Å²) < 4.78 is 0. The predicted octanol–water partition coefficient (Wildman–Crippen LogP) is 2.49. The summed E-state index contributed by atoms with van der Waals surface area (Å²) in [5, 5.41) is 2.51. The van der Waals surface area contributed by atoms with Crippen LogP contribution in [0.15, 0.2) is 18.2 Å². The number of anilines is 1. The van der Waals surface area contributed by atoms with Crippen LogP contribution in [0.4, 0.5) is 5.69 Å². The van der Waals surface area contributed by atoms with Gasteiger partial charge in [-0.2, -0.15) is 0 Å². The second-order valence-electron chi connectivity index (χ2n) is 3.56. The van der Waals surface area contributed by atoms with Gasteiger partial charge in [0.25, 0.3) is 0 Å². The van der Waals surface area contributed by atoms with Gasteiger partial charge in [-0.25, -0.2) is 0 Å². The lowest BCUT2D eigenvalue weighted by molar-refractivity contribution is -0.114. The van der Waals surface area contributed by atoms with E-state index in [0.717, 1.165) is 0 Å². The molecule has 0 aliphatic rings. The third-order valence-electron chi connectivity index (χ3n) is 2.20. The number of amides is 1. The van der Waals surface area contributed by atoms with Gasteiger partial charge < -0.3 is 5.32 Å². The van der Waals surface area contributed by atoms with Crippen molar-refractivity contribution in [3.05, 3.63) is 29.3 Å². The van der Waals surface area contributed by atoms with Crippen molar-refractivity contribution >= 4 is 46.4 Å². The van der Waals surface area contributed by atoms with Gasteiger partial charge >= 0.3 is 0 Å². The highest BCUT2D eigenvalue weighted by Crippen LogP contribution is 2.19. The lowest BCUT2D eigenvalue weighted by Crippen LogP contribution is -2.13. The van der Waals surface area contributed by atoms with E-state index >= 15 is 0 Å². The average molecular weight is 288 g/mol. The number of ketones is 2. The fraction of sp³-hybridized carbons (Fsp3) is 0.250. The second kappa shape index (κ2) is 6.52. The lowest BCUT2D eigenvalue weighted by atomic mass is 10.0. The first-order chi connectivity index (χ1) is 8.49. The number of hydrogen-bond donors (Lipinski definition) is 1. The van der Waals surface area contributed by atoms with E-state index in [-0.39, 0.29) is 34.8 Å². The Bertz CT molecular complexity index is 500. The summed E-state index contributed by atoms with van der Waals surface area (Å²) in [5.74, 6) is -1.38. The van der Waals surface area contributed by atoms with E-state index in [9.17, 15) is 14.4 Å². The molecule has 0 bridgehead atoms. The Balaban J connectivity index is 3.24. The van der Waals surface area contributed by atoms with Gasteiger partial charge in [0.15, 0.2) is 11.6 Å². The number of nitrogens with one attached hydrogen (secondary N) is 1. The van der Waals surface area contributed by atoms with Crippen molar-refractivity contribution in [3.8, 4) is 0 Å². The van der Waals surface area contributed by atoms with Crippen LogP contribution in [0.5, 0.6) is 0 Å². The molecular formula is C12H11Cl2NO3. The van der Waals surface area contributed by atoms with E-state index in [1.165, 1.54) is 25.1 Å². The second-order valence-corrected chi connectivity index (χ2v) is 4.09. The minimum atomic E-state index is -0.371. The maximum atomic E-state index is 11.7. The highest BCUT2D eigenvalue weighted by atomic mass is 35.5. The first kappa shape index (κ1) is 14.7. The van der Waals surface area contributed by atoms with Crippen molar-refractivity contribution in [2.24, 2.45) is 0 Å². The molecule has 1 rings (SSSR count). The number of carbonyl (C=O) groups excluding carboxylic acids is 3. The van der Waals surface area contributed by atoms with Crippen molar-refractivity contribution < 1.29 is 14.4 Å². The zero-order chi connectivity index (χ0) is 13.7. The number of benzene rings is 1. The Labute approximate surface area is 114 Å². The zero-order valence-corrected chi connectivity index (χ0v) is 11.1. The Kier molecular flexibility index (Phi) is 5.31. The third kappa shape index (κ3) is 3.55. The molecule has 4 nitrogen and oxygen atoms in total. The van der Waals surface area contributed by atoms with Gasteiger partial charge in [0.1, 0.15) is 0 Å². The van der Waals surface area contributed by atoms with E-state index in [4.69, 9.17) is 23.2 Å². The molecule has 0 radical (unpaired) electrons. The van der Waals surface area contributed by atoms with E-state index < -0.39 is 0 Å². The van der Waals surface area contributed by atoms with Gasteiger partial charge in [0, 0.05) is 18.1 Å². The minimum absolute atomic E-state index is 0.173. The van der Waals surface area contributed by atoms with Crippen LogP contribution >= 0.6 is 23.2 Å². The van der Waals surface area contributed by atoms with Crippen LogP contribution < -0.4 is 5.32 Å². The van der Waals surface area contributed by atoms with Crippen molar-refractivity contribution in [1.29, 1.82) is 0 Å². The SMILES string of the molecule is CC(=O)Nc1ccc(C(=O)CCl)cc1C(=O)CCl. The maximum absolute atomic E-state index is 11.7. The Hall–Kier alpha value is -1.39. The zero-order valence-electron chi connectivity index (χ0n) is 9.63. The van der Waals surface area contributed by atoms with Crippen LogP contribution in [-0.2, 0) is 4.79 Å². The molecule has 1 N–H and O–H groups in total. The first-order valence-corrected chi connectivity index (χ1v) is 6.16. The van der Waals surface area contributed by atoms with Gasteiger partial charge in [-0.1, -0.05) is 0 Å². The molecule has 0 aromatic heterocycles. The molecule has 0 aliphatic carbocycles. The van der Waals surface area contributed by atoms with E-state index in [2.05, 4.69) is 5.32 Å². The number of carbonyl (C=O) groups is 3. The summed E-state index contributed by atoms with van der Waals surface area (Å²) in [6.07, 6.45) is 0. The molecule has 96 valence electrons. The minimum Gasteiger partial charge on any atom is -0.326 e. The first-order valence-electron chi connectivity index (χ1n) is 5.09. The Morgan fingerprint density at radius 1 is 1.11 bits per heavy atom. The number of hydrogen-bond acceptors (Lipinski definition) is 3. The number of alkyl halides is 2. The van der Waals surface area contributed by atoms with Crippen molar-refractivity contribution in [3.63, 3.8) is 0 Å². The van der Waals surface area contributed by atoms with Crippen LogP contribution in [-0.4, -0.2) is 29.2 Å². The number of halogens is 2. The molecule has 0 aliphatic heterocycles. The monoisotopic (exact) mass is 287 g/mol. The number of rotatable bonds is 5. The van der Waals surface area contributed by atoms with Gasteiger partial charge in [-0.3, -0.25) is 14.4 Å². The van der Waals surface area contributed by atoms with E-state index in [1.807, 2.05) is 0 Å². The van der Waals surface area contributed by atoms with E-state index in [0.29, 0.717) is 11.3 Å².